The molecule has 1 N–H and O–H groups in total. The fourth-order valence-corrected chi connectivity index (χ4v) is 3.65. The van der Waals surface area contributed by atoms with Gasteiger partial charge in [0, 0.05) is 30.6 Å². The molecule has 1 aromatic rings. The van der Waals surface area contributed by atoms with Gasteiger partial charge in [-0.2, -0.15) is 0 Å². The zero-order valence-corrected chi connectivity index (χ0v) is 13.9. The highest BCUT2D eigenvalue weighted by Crippen LogP contribution is 2.27. The molecule has 0 bridgehead atoms. The zero-order valence-electron chi connectivity index (χ0n) is 13.9. The second-order valence-electron chi connectivity index (χ2n) is 6.92. The third-order valence-electron chi connectivity index (χ3n) is 5.16. The Kier molecular flexibility index (Phi) is 4.99. The molecule has 1 aliphatic carbocycles. The van der Waals surface area contributed by atoms with Gasteiger partial charge < -0.3 is 10.2 Å². The van der Waals surface area contributed by atoms with Gasteiger partial charge in [0.1, 0.15) is 0 Å². The Bertz CT molecular complexity index is 553. The fraction of sp³-hybridized carbons (Fsp3) is 0.579. The number of amides is 2. The molecule has 1 saturated carbocycles. The second-order valence-corrected chi connectivity index (χ2v) is 6.92. The monoisotopic (exact) mass is 314 g/mol. The van der Waals surface area contributed by atoms with Crippen LogP contribution in [-0.4, -0.2) is 35.8 Å². The second kappa shape index (κ2) is 7.16. The summed E-state index contributed by atoms with van der Waals surface area (Å²) in [4.78, 5) is 26.7. The molecule has 0 unspecified atom stereocenters. The van der Waals surface area contributed by atoms with Gasteiger partial charge >= 0.3 is 0 Å². The lowest BCUT2D eigenvalue weighted by atomic mass is 10.0. The molecular weight excluding hydrogens is 288 g/mol. The molecular formula is C19H26N2O2. The Morgan fingerprint density at radius 1 is 1.00 bits per heavy atom. The van der Waals surface area contributed by atoms with Crippen molar-refractivity contribution < 1.29 is 9.59 Å². The highest BCUT2D eigenvalue weighted by Gasteiger charge is 2.30. The number of piperidine rings is 1. The van der Waals surface area contributed by atoms with Crippen molar-refractivity contribution >= 4 is 11.8 Å². The SMILES string of the molecule is Cc1ccc(C(=O)NC2CCN(C(=O)C3CCCC3)CC2)cc1. The maximum absolute atomic E-state index is 12.4. The van der Waals surface area contributed by atoms with Crippen molar-refractivity contribution in [1.29, 1.82) is 0 Å². The fourth-order valence-electron chi connectivity index (χ4n) is 3.65. The summed E-state index contributed by atoms with van der Waals surface area (Å²) < 4.78 is 0. The normalized spacial score (nSPS) is 19.8. The highest BCUT2D eigenvalue weighted by atomic mass is 16.2. The van der Waals surface area contributed by atoms with E-state index in [4.69, 9.17) is 0 Å². The molecule has 4 nitrogen and oxygen atoms in total. The van der Waals surface area contributed by atoms with E-state index in [2.05, 4.69) is 5.32 Å². The molecule has 1 aromatic carbocycles. The van der Waals surface area contributed by atoms with Gasteiger partial charge in [0.05, 0.1) is 0 Å². The molecule has 2 amide bonds. The Labute approximate surface area is 138 Å². The van der Waals surface area contributed by atoms with Crippen LogP contribution in [0.4, 0.5) is 0 Å². The van der Waals surface area contributed by atoms with E-state index in [1.165, 1.54) is 12.8 Å². The van der Waals surface area contributed by atoms with Crippen LogP contribution in [0.3, 0.4) is 0 Å². The van der Waals surface area contributed by atoms with Crippen LogP contribution >= 0.6 is 0 Å². The van der Waals surface area contributed by atoms with Crippen LogP contribution < -0.4 is 5.32 Å². The number of aryl methyl sites for hydroxylation is 1. The lowest BCUT2D eigenvalue weighted by Crippen LogP contribution is -2.47. The molecule has 1 aliphatic heterocycles. The van der Waals surface area contributed by atoms with Gasteiger partial charge in [0.15, 0.2) is 0 Å². The summed E-state index contributed by atoms with van der Waals surface area (Å²) in [7, 11) is 0. The molecule has 1 saturated heterocycles. The Morgan fingerprint density at radius 3 is 2.22 bits per heavy atom. The minimum atomic E-state index is -0.00873. The van der Waals surface area contributed by atoms with E-state index >= 15 is 0 Å². The topological polar surface area (TPSA) is 49.4 Å². The first-order valence-corrected chi connectivity index (χ1v) is 8.80. The number of carbonyl (C=O) groups excluding carboxylic acids is 2. The first kappa shape index (κ1) is 16.0. The summed E-state index contributed by atoms with van der Waals surface area (Å²) in [6.45, 7) is 3.56. The van der Waals surface area contributed by atoms with Gasteiger partial charge in [0.25, 0.3) is 5.91 Å². The number of benzene rings is 1. The van der Waals surface area contributed by atoms with E-state index in [0.717, 1.165) is 44.3 Å². The van der Waals surface area contributed by atoms with Crippen LogP contribution in [0.25, 0.3) is 0 Å². The van der Waals surface area contributed by atoms with Gasteiger partial charge in [-0.05, 0) is 44.7 Å². The summed E-state index contributed by atoms with van der Waals surface area (Å²) in [6, 6.07) is 7.82. The van der Waals surface area contributed by atoms with Crippen molar-refractivity contribution in [3.63, 3.8) is 0 Å². The van der Waals surface area contributed by atoms with E-state index in [0.29, 0.717) is 11.5 Å². The molecule has 2 aliphatic rings. The van der Waals surface area contributed by atoms with Crippen LogP contribution in [0, 0.1) is 12.8 Å². The first-order valence-electron chi connectivity index (χ1n) is 8.80. The van der Waals surface area contributed by atoms with E-state index in [1.807, 2.05) is 36.1 Å². The van der Waals surface area contributed by atoms with Crippen molar-refractivity contribution in [2.24, 2.45) is 5.92 Å². The van der Waals surface area contributed by atoms with Gasteiger partial charge in [-0.25, -0.2) is 0 Å². The van der Waals surface area contributed by atoms with Crippen molar-refractivity contribution in [2.75, 3.05) is 13.1 Å². The predicted molar refractivity (Wildman–Crippen MR) is 90.2 cm³/mol. The van der Waals surface area contributed by atoms with E-state index in [1.54, 1.807) is 0 Å². The van der Waals surface area contributed by atoms with Crippen LogP contribution in [0.2, 0.25) is 0 Å². The third kappa shape index (κ3) is 3.92. The number of carbonyl (C=O) groups is 2. The Hall–Kier alpha value is -1.84. The number of likely N-dealkylation sites (tertiary alicyclic amines) is 1. The maximum Gasteiger partial charge on any atom is 0.251 e. The quantitative estimate of drug-likeness (QED) is 0.932. The van der Waals surface area contributed by atoms with E-state index in [-0.39, 0.29) is 17.9 Å². The zero-order chi connectivity index (χ0) is 16.2. The molecule has 0 radical (unpaired) electrons. The minimum absolute atomic E-state index is 0.00873. The molecule has 3 rings (SSSR count). The summed E-state index contributed by atoms with van der Waals surface area (Å²) in [5, 5.41) is 3.11. The molecule has 0 atom stereocenters. The lowest BCUT2D eigenvalue weighted by Gasteiger charge is -2.34. The first-order chi connectivity index (χ1) is 11.1. The summed E-state index contributed by atoms with van der Waals surface area (Å²) in [5.74, 6) is 0.588. The number of nitrogens with one attached hydrogen (secondary N) is 1. The highest BCUT2D eigenvalue weighted by molar-refractivity contribution is 5.94. The minimum Gasteiger partial charge on any atom is -0.349 e. The molecule has 1 heterocycles. The van der Waals surface area contributed by atoms with E-state index in [9.17, 15) is 9.59 Å². The predicted octanol–water partition coefficient (Wildman–Crippen LogP) is 2.91. The average molecular weight is 314 g/mol. The Balaban J connectivity index is 1.48. The third-order valence-corrected chi connectivity index (χ3v) is 5.16. The van der Waals surface area contributed by atoms with Crippen LogP contribution in [0.5, 0.6) is 0 Å². The molecule has 4 heteroatoms. The van der Waals surface area contributed by atoms with Gasteiger partial charge in [-0.15, -0.1) is 0 Å². The van der Waals surface area contributed by atoms with Crippen LogP contribution in [0.1, 0.15) is 54.4 Å². The number of nitrogens with zero attached hydrogens (tertiary/aromatic N) is 1. The number of hydrogen-bond acceptors (Lipinski definition) is 2. The molecule has 0 aromatic heterocycles. The van der Waals surface area contributed by atoms with Crippen molar-refractivity contribution in [1.82, 2.24) is 10.2 Å². The lowest BCUT2D eigenvalue weighted by molar-refractivity contribution is -0.136. The maximum atomic E-state index is 12.4. The number of hydrogen-bond donors (Lipinski definition) is 1. The molecule has 23 heavy (non-hydrogen) atoms. The van der Waals surface area contributed by atoms with Crippen molar-refractivity contribution in [2.45, 2.75) is 51.5 Å². The van der Waals surface area contributed by atoms with Gasteiger partial charge in [-0.1, -0.05) is 30.5 Å². The largest absolute Gasteiger partial charge is 0.349 e. The summed E-state index contributed by atoms with van der Waals surface area (Å²) >= 11 is 0. The van der Waals surface area contributed by atoms with Gasteiger partial charge in [-0.3, -0.25) is 9.59 Å². The Morgan fingerprint density at radius 2 is 1.61 bits per heavy atom. The molecule has 124 valence electrons. The van der Waals surface area contributed by atoms with Gasteiger partial charge in [0.2, 0.25) is 5.91 Å². The molecule has 2 fully saturated rings. The smallest absolute Gasteiger partial charge is 0.251 e. The number of rotatable bonds is 3. The average Bonchev–Trinajstić information content (AvgIpc) is 3.10. The standard InChI is InChI=1S/C19H26N2O2/c1-14-6-8-15(9-7-14)18(22)20-17-10-12-21(13-11-17)19(23)16-4-2-3-5-16/h6-9,16-17H,2-5,10-13H2,1H3,(H,20,22). The summed E-state index contributed by atoms with van der Waals surface area (Å²) in [5.41, 5.74) is 1.86. The van der Waals surface area contributed by atoms with Crippen molar-refractivity contribution in [3.05, 3.63) is 35.4 Å². The van der Waals surface area contributed by atoms with Crippen LogP contribution in [-0.2, 0) is 4.79 Å². The van der Waals surface area contributed by atoms with Crippen molar-refractivity contribution in [3.8, 4) is 0 Å². The molecule has 0 spiro atoms. The summed E-state index contributed by atoms with van der Waals surface area (Å²) in [6.07, 6.45) is 6.22. The van der Waals surface area contributed by atoms with E-state index < -0.39 is 0 Å². The van der Waals surface area contributed by atoms with Crippen LogP contribution in [0.15, 0.2) is 24.3 Å².